The summed E-state index contributed by atoms with van der Waals surface area (Å²) in [7, 11) is 1.69. The molecule has 0 heterocycles. The van der Waals surface area contributed by atoms with Crippen LogP contribution < -0.4 is 0 Å². The summed E-state index contributed by atoms with van der Waals surface area (Å²) in [5.74, 6) is 0. The van der Waals surface area contributed by atoms with E-state index >= 15 is 0 Å². The van der Waals surface area contributed by atoms with Crippen LogP contribution in [0.15, 0.2) is 24.3 Å². The van der Waals surface area contributed by atoms with E-state index in [2.05, 4.69) is 19.1 Å². The van der Waals surface area contributed by atoms with Crippen molar-refractivity contribution < 1.29 is 4.79 Å². The van der Waals surface area contributed by atoms with Gasteiger partial charge in [-0.05, 0) is 29.1 Å². The van der Waals surface area contributed by atoms with Crippen molar-refractivity contribution in [3.05, 3.63) is 35.4 Å². The van der Waals surface area contributed by atoms with Crippen molar-refractivity contribution in [2.45, 2.75) is 26.3 Å². The summed E-state index contributed by atoms with van der Waals surface area (Å²) in [6.07, 6.45) is 2.25. The molecule has 0 spiro atoms. The Morgan fingerprint density at radius 1 is 1.27 bits per heavy atom. The molecule has 15 heavy (non-hydrogen) atoms. The van der Waals surface area contributed by atoms with Crippen LogP contribution in [-0.4, -0.2) is 17.3 Å². The van der Waals surface area contributed by atoms with Gasteiger partial charge in [-0.1, -0.05) is 37.6 Å². The maximum Gasteiger partial charge on any atom is 0.316 e. The number of carbonyl (C=O) groups excluding carboxylic acids is 1. The molecule has 3 heteroatoms. The molecule has 1 rings (SSSR count). The van der Waals surface area contributed by atoms with E-state index in [1.165, 1.54) is 10.5 Å². The third-order valence-electron chi connectivity index (χ3n) is 2.28. The number of amides is 1. The van der Waals surface area contributed by atoms with Gasteiger partial charge in [0, 0.05) is 13.6 Å². The van der Waals surface area contributed by atoms with Gasteiger partial charge in [0.2, 0.25) is 0 Å². The third kappa shape index (κ3) is 3.92. The molecule has 0 fully saturated rings. The Bertz CT molecular complexity index is 321. The molecule has 0 unspecified atom stereocenters. The van der Waals surface area contributed by atoms with Gasteiger partial charge in [-0.15, -0.1) is 0 Å². The molecule has 0 aliphatic heterocycles. The Kier molecular flexibility index (Phi) is 4.63. The van der Waals surface area contributed by atoms with Gasteiger partial charge in [-0.2, -0.15) is 0 Å². The molecule has 0 radical (unpaired) electrons. The SMILES string of the molecule is CCCc1ccc(CN(C)C(=O)Cl)cc1. The second-order valence-electron chi connectivity index (χ2n) is 3.68. The number of aryl methyl sites for hydroxylation is 1. The van der Waals surface area contributed by atoms with Gasteiger partial charge >= 0.3 is 5.37 Å². The second-order valence-corrected chi connectivity index (χ2v) is 4.00. The number of carbonyl (C=O) groups is 1. The maximum atomic E-state index is 10.8. The fourth-order valence-electron chi connectivity index (χ4n) is 1.44. The highest BCUT2D eigenvalue weighted by Crippen LogP contribution is 2.09. The van der Waals surface area contributed by atoms with Crippen molar-refractivity contribution in [2.24, 2.45) is 0 Å². The summed E-state index contributed by atoms with van der Waals surface area (Å²) >= 11 is 5.35. The lowest BCUT2D eigenvalue weighted by Gasteiger charge is -2.13. The Morgan fingerprint density at radius 3 is 2.27 bits per heavy atom. The number of hydrogen-bond acceptors (Lipinski definition) is 1. The van der Waals surface area contributed by atoms with Crippen LogP contribution in [0.1, 0.15) is 24.5 Å². The van der Waals surface area contributed by atoms with Crippen LogP contribution in [0.25, 0.3) is 0 Å². The second kappa shape index (κ2) is 5.76. The first kappa shape index (κ1) is 12.1. The van der Waals surface area contributed by atoms with Crippen LogP contribution >= 0.6 is 11.6 Å². The fraction of sp³-hybridized carbons (Fsp3) is 0.417. The van der Waals surface area contributed by atoms with Crippen LogP contribution in [0.4, 0.5) is 4.79 Å². The predicted octanol–water partition coefficient (Wildman–Crippen LogP) is 3.43. The van der Waals surface area contributed by atoms with Crippen molar-refractivity contribution in [1.29, 1.82) is 0 Å². The smallest absolute Gasteiger partial charge is 0.316 e. The van der Waals surface area contributed by atoms with Crippen molar-refractivity contribution >= 4 is 17.0 Å². The molecule has 0 aliphatic carbocycles. The Labute approximate surface area is 95.8 Å². The monoisotopic (exact) mass is 225 g/mol. The fourth-order valence-corrected chi connectivity index (χ4v) is 1.50. The Balaban J connectivity index is 2.60. The summed E-state index contributed by atoms with van der Waals surface area (Å²) in [4.78, 5) is 12.3. The van der Waals surface area contributed by atoms with Gasteiger partial charge < -0.3 is 4.90 Å². The quantitative estimate of drug-likeness (QED) is 0.568. The number of benzene rings is 1. The molecule has 2 nitrogen and oxygen atoms in total. The number of hydrogen-bond donors (Lipinski definition) is 0. The average Bonchev–Trinajstić information content (AvgIpc) is 2.21. The summed E-state index contributed by atoms with van der Waals surface area (Å²) < 4.78 is 0. The number of nitrogens with zero attached hydrogens (tertiary/aromatic N) is 1. The minimum atomic E-state index is -0.423. The lowest BCUT2D eigenvalue weighted by Crippen LogP contribution is -2.19. The molecule has 1 aromatic rings. The number of rotatable bonds is 4. The topological polar surface area (TPSA) is 20.3 Å². The van der Waals surface area contributed by atoms with Gasteiger partial charge in [0.15, 0.2) is 0 Å². The van der Waals surface area contributed by atoms with E-state index in [0.29, 0.717) is 6.54 Å². The van der Waals surface area contributed by atoms with E-state index in [4.69, 9.17) is 11.6 Å². The third-order valence-corrected chi connectivity index (χ3v) is 2.57. The molecular weight excluding hydrogens is 210 g/mol. The van der Waals surface area contributed by atoms with Crippen LogP contribution in [0.5, 0.6) is 0 Å². The normalized spacial score (nSPS) is 10.1. The molecule has 0 atom stereocenters. The zero-order valence-corrected chi connectivity index (χ0v) is 9.92. The summed E-state index contributed by atoms with van der Waals surface area (Å²) in [6.45, 7) is 2.72. The molecule has 1 aromatic carbocycles. The summed E-state index contributed by atoms with van der Waals surface area (Å²) in [5.41, 5.74) is 2.44. The average molecular weight is 226 g/mol. The Morgan fingerprint density at radius 2 is 1.80 bits per heavy atom. The van der Waals surface area contributed by atoms with E-state index in [9.17, 15) is 4.79 Å². The molecule has 0 aliphatic rings. The molecule has 0 saturated heterocycles. The van der Waals surface area contributed by atoms with Crippen LogP contribution in [0.3, 0.4) is 0 Å². The Hall–Kier alpha value is -1.02. The van der Waals surface area contributed by atoms with Crippen molar-refractivity contribution in [2.75, 3.05) is 7.05 Å². The first-order chi connectivity index (χ1) is 7.13. The first-order valence-electron chi connectivity index (χ1n) is 5.12. The molecule has 0 bridgehead atoms. The lowest BCUT2D eigenvalue weighted by molar-refractivity contribution is 0.230. The van der Waals surface area contributed by atoms with E-state index < -0.39 is 5.37 Å². The summed E-state index contributed by atoms with van der Waals surface area (Å²) in [6, 6.07) is 8.29. The minimum absolute atomic E-state index is 0.423. The van der Waals surface area contributed by atoms with Crippen molar-refractivity contribution in [3.8, 4) is 0 Å². The molecule has 0 saturated carbocycles. The van der Waals surface area contributed by atoms with Crippen LogP contribution in [0.2, 0.25) is 0 Å². The van der Waals surface area contributed by atoms with E-state index in [1.807, 2.05) is 12.1 Å². The predicted molar refractivity (Wildman–Crippen MR) is 63.2 cm³/mol. The largest absolute Gasteiger partial charge is 0.328 e. The van der Waals surface area contributed by atoms with E-state index in [-0.39, 0.29) is 0 Å². The zero-order chi connectivity index (χ0) is 11.3. The van der Waals surface area contributed by atoms with Gasteiger partial charge in [-0.25, -0.2) is 0 Å². The van der Waals surface area contributed by atoms with Crippen LogP contribution in [0, 0.1) is 0 Å². The van der Waals surface area contributed by atoms with Gasteiger partial charge in [0.1, 0.15) is 0 Å². The molecular formula is C12H16ClNO. The van der Waals surface area contributed by atoms with Crippen molar-refractivity contribution in [3.63, 3.8) is 0 Å². The molecule has 1 amide bonds. The van der Waals surface area contributed by atoms with Crippen molar-refractivity contribution in [1.82, 2.24) is 4.90 Å². The highest BCUT2D eigenvalue weighted by Gasteiger charge is 2.04. The minimum Gasteiger partial charge on any atom is -0.328 e. The van der Waals surface area contributed by atoms with E-state index in [0.717, 1.165) is 18.4 Å². The highest BCUT2D eigenvalue weighted by molar-refractivity contribution is 6.62. The van der Waals surface area contributed by atoms with Gasteiger partial charge in [0.05, 0.1) is 0 Å². The van der Waals surface area contributed by atoms with Gasteiger partial charge in [0.25, 0.3) is 0 Å². The maximum absolute atomic E-state index is 10.8. The highest BCUT2D eigenvalue weighted by atomic mass is 35.5. The zero-order valence-electron chi connectivity index (χ0n) is 9.16. The molecule has 82 valence electrons. The molecule has 0 N–H and O–H groups in total. The number of halogens is 1. The summed E-state index contributed by atoms with van der Waals surface area (Å²) in [5, 5.41) is -0.423. The van der Waals surface area contributed by atoms with Gasteiger partial charge in [-0.3, -0.25) is 4.79 Å². The standard InChI is InChI=1S/C12H16ClNO/c1-3-4-10-5-7-11(8-6-10)9-14(2)12(13)15/h5-8H,3-4,9H2,1-2H3. The first-order valence-corrected chi connectivity index (χ1v) is 5.49. The van der Waals surface area contributed by atoms with E-state index in [1.54, 1.807) is 7.05 Å². The lowest BCUT2D eigenvalue weighted by atomic mass is 10.1. The molecule has 0 aromatic heterocycles. The van der Waals surface area contributed by atoms with Crippen LogP contribution in [-0.2, 0) is 13.0 Å².